The smallest absolute Gasteiger partial charge is 0.416 e. The van der Waals surface area contributed by atoms with E-state index in [1.165, 1.54) is 23.1 Å². The topological polar surface area (TPSA) is 87.7 Å². The fourth-order valence-electron chi connectivity index (χ4n) is 2.89. The van der Waals surface area contributed by atoms with Crippen LogP contribution in [0.3, 0.4) is 0 Å². The third-order valence-corrected chi connectivity index (χ3v) is 4.41. The third kappa shape index (κ3) is 3.95. The number of benzene rings is 1. The Labute approximate surface area is 161 Å². The van der Waals surface area contributed by atoms with Crippen LogP contribution in [0.1, 0.15) is 13.3 Å². The maximum atomic E-state index is 14.7. The fourth-order valence-corrected chi connectivity index (χ4v) is 2.89. The first kappa shape index (κ1) is 19.3. The predicted octanol–water partition coefficient (Wildman–Crippen LogP) is 2.70. The Hall–Kier alpha value is -3.42. The van der Waals surface area contributed by atoms with E-state index in [1.54, 1.807) is 38.2 Å². The highest BCUT2D eigenvalue weighted by atomic mass is 19.1. The Kier molecular flexibility index (Phi) is 5.58. The highest BCUT2D eigenvalue weighted by Gasteiger charge is 2.33. The van der Waals surface area contributed by atoms with Crippen LogP contribution in [-0.2, 0) is 9.53 Å². The van der Waals surface area contributed by atoms with Gasteiger partial charge in [-0.1, -0.05) is 19.1 Å². The van der Waals surface area contributed by atoms with Crippen LogP contribution in [0.15, 0.2) is 47.3 Å². The fraction of sp³-hybridized carbons (Fsp3) is 0.250. The maximum Gasteiger partial charge on any atom is 0.416 e. The molecule has 1 aliphatic heterocycles. The lowest BCUT2D eigenvalue weighted by atomic mass is 10.1. The van der Waals surface area contributed by atoms with Gasteiger partial charge in [-0.05, 0) is 35.9 Å². The number of carbonyl (C=O) groups is 2. The van der Waals surface area contributed by atoms with E-state index in [9.17, 15) is 18.8 Å². The normalized spacial score (nSPS) is 15.9. The molecule has 3 rings (SSSR count). The molecule has 2 amide bonds. The highest BCUT2D eigenvalue weighted by molar-refractivity contribution is 5.90. The number of cyclic esters (lactones) is 1. The summed E-state index contributed by atoms with van der Waals surface area (Å²) in [6, 6.07) is 10.5. The minimum atomic E-state index is -0.772. The van der Waals surface area contributed by atoms with Crippen LogP contribution >= 0.6 is 0 Å². The third-order valence-electron chi connectivity index (χ3n) is 4.41. The Morgan fingerprint density at radius 2 is 1.96 bits per heavy atom. The average molecular weight is 385 g/mol. The molecule has 0 spiro atoms. The number of nitrogens with one attached hydrogen (secondary N) is 2. The molecule has 0 bridgehead atoms. The van der Waals surface area contributed by atoms with Gasteiger partial charge < -0.3 is 15.4 Å². The summed E-state index contributed by atoms with van der Waals surface area (Å²) in [5, 5.41) is 5.36. The van der Waals surface area contributed by atoms with Crippen molar-refractivity contribution in [2.75, 3.05) is 23.8 Å². The van der Waals surface area contributed by atoms with Crippen molar-refractivity contribution in [3.63, 3.8) is 0 Å². The van der Waals surface area contributed by atoms with Gasteiger partial charge in [0.2, 0.25) is 11.3 Å². The second-order valence-corrected chi connectivity index (χ2v) is 6.22. The van der Waals surface area contributed by atoms with Crippen molar-refractivity contribution in [2.45, 2.75) is 19.6 Å². The van der Waals surface area contributed by atoms with Gasteiger partial charge in [0.05, 0.1) is 17.9 Å². The predicted molar refractivity (Wildman–Crippen MR) is 104 cm³/mol. The minimum Gasteiger partial charge on any atom is -0.423 e. The van der Waals surface area contributed by atoms with E-state index in [0.29, 0.717) is 22.5 Å². The number of anilines is 2. The number of hydrogen-bond donors (Lipinski definition) is 2. The van der Waals surface area contributed by atoms with Crippen molar-refractivity contribution >= 4 is 23.4 Å². The zero-order chi connectivity index (χ0) is 20.3. The number of halogens is 1. The average Bonchev–Trinajstić information content (AvgIpc) is 2.93. The molecule has 28 heavy (non-hydrogen) atoms. The molecule has 0 radical (unpaired) electrons. The molecule has 1 unspecified atom stereocenters. The molecular weight excluding hydrogens is 365 g/mol. The zero-order valence-electron chi connectivity index (χ0n) is 15.5. The molecule has 1 aliphatic rings. The van der Waals surface area contributed by atoms with E-state index in [0.717, 1.165) is 0 Å². The van der Waals surface area contributed by atoms with Gasteiger partial charge in [-0.3, -0.25) is 14.5 Å². The largest absolute Gasteiger partial charge is 0.423 e. The number of ether oxygens (including phenoxy) is 1. The van der Waals surface area contributed by atoms with E-state index in [4.69, 9.17) is 4.74 Å². The highest BCUT2D eigenvalue weighted by Crippen LogP contribution is 2.28. The first-order valence-electron chi connectivity index (χ1n) is 8.82. The molecule has 146 valence electrons. The summed E-state index contributed by atoms with van der Waals surface area (Å²) < 4.78 is 19.8. The van der Waals surface area contributed by atoms with Gasteiger partial charge in [-0.2, -0.15) is 0 Å². The molecule has 2 N–H and O–H groups in total. The van der Waals surface area contributed by atoms with Crippen LogP contribution in [-0.4, -0.2) is 31.8 Å². The first-order valence-corrected chi connectivity index (χ1v) is 8.82. The molecule has 1 fully saturated rings. The molecule has 0 aromatic heterocycles. The summed E-state index contributed by atoms with van der Waals surface area (Å²) in [7, 11) is 1.64. The zero-order valence-corrected chi connectivity index (χ0v) is 15.5. The SMILES string of the molecule is CCC(=O)NC1CN(c2ccc(-c3ccc(NC)c(=O)cc3)c(F)c2)C(=O)O1. The Morgan fingerprint density at radius 3 is 2.64 bits per heavy atom. The molecule has 8 heteroatoms. The second-order valence-electron chi connectivity index (χ2n) is 6.22. The van der Waals surface area contributed by atoms with Crippen molar-refractivity contribution < 1.29 is 18.7 Å². The van der Waals surface area contributed by atoms with Crippen LogP contribution < -0.4 is 21.0 Å². The van der Waals surface area contributed by atoms with Gasteiger partial charge in [0.15, 0.2) is 6.23 Å². The van der Waals surface area contributed by atoms with Gasteiger partial charge in [-0.15, -0.1) is 0 Å². The standard InChI is InChI=1S/C20H20FN3O4/c1-3-18(26)23-19-11-24(20(27)28-19)13-6-7-14(15(21)10-13)12-4-8-16(22-2)17(25)9-5-12/h4-10,19H,3,11H2,1-2H3,(H,22,25)(H,23,26). The van der Waals surface area contributed by atoms with E-state index in [-0.39, 0.29) is 24.3 Å². The van der Waals surface area contributed by atoms with E-state index >= 15 is 0 Å². The Bertz CT molecular complexity index is 980. The Morgan fingerprint density at radius 1 is 1.21 bits per heavy atom. The van der Waals surface area contributed by atoms with Gasteiger partial charge in [-0.25, -0.2) is 9.18 Å². The maximum absolute atomic E-state index is 14.7. The van der Waals surface area contributed by atoms with Crippen LogP contribution in [0.4, 0.5) is 20.6 Å². The van der Waals surface area contributed by atoms with Gasteiger partial charge in [0, 0.05) is 19.0 Å². The number of nitrogens with zero attached hydrogens (tertiary/aromatic N) is 1. The monoisotopic (exact) mass is 385 g/mol. The number of rotatable bonds is 5. The lowest BCUT2D eigenvalue weighted by Gasteiger charge is -2.14. The van der Waals surface area contributed by atoms with Crippen LogP contribution in [0.2, 0.25) is 0 Å². The van der Waals surface area contributed by atoms with Crippen LogP contribution in [0.5, 0.6) is 0 Å². The molecule has 0 saturated carbocycles. The number of amides is 2. The number of carbonyl (C=O) groups excluding carboxylic acids is 2. The number of hydrogen-bond acceptors (Lipinski definition) is 5. The molecule has 1 heterocycles. The molecule has 1 atom stereocenters. The lowest BCUT2D eigenvalue weighted by Crippen LogP contribution is -2.37. The lowest BCUT2D eigenvalue weighted by molar-refractivity contribution is -0.123. The summed E-state index contributed by atoms with van der Waals surface area (Å²) >= 11 is 0. The molecular formula is C20H20FN3O4. The van der Waals surface area contributed by atoms with Crippen molar-refractivity contribution in [3.8, 4) is 11.1 Å². The van der Waals surface area contributed by atoms with E-state index in [1.807, 2.05) is 0 Å². The van der Waals surface area contributed by atoms with Crippen molar-refractivity contribution in [1.82, 2.24) is 5.32 Å². The molecule has 2 aromatic carbocycles. The van der Waals surface area contributed by atoms with Crippen molar-refractivity contribution in [2.24, 2.45) is 0 Å². The van der Waals surface area contributed by atoms with Gasteiger partial charge in [0.25, 0.3) is 0 Å². The minimum absolute atomic E-state index is 0.0920. The van der Waals surface area contributed by atoms with Gasteiger partial charge in [0.1, 0.15) is 5.82 Å². The summed E-state index contributed by atoms with van der Waals surface area (Å²) in [5.41, 5.74) is 1.35. The van der Waals surface area contributed by atoms with Crippen LogP contribution in [0, 0.1) is 5.82 Å². The van der Waals surface area contributed by atoms with Gasteiger partial charge >= 0.3 is 6.09 Å². The molecule has 0 aliphatic carbocycles. The van der Waals surface area contributed by atoms with Crippen molar-refractivity contribution in [3.05, 3.63) is 58.5 Å². The molecule has 1 saturated heterocycles. The van der Waals surface area contributed by atoms with Crippen molar-refractivity contribution in [1.29, 1.82) is 0 Å². The quantitative estimate of drug-likeness (QED) is 0.826. The summed E-state index contributed by atoms with van der Waals surface area (Å²) in [6.07, 6.45) is -1.16. The molecule has 2 aromatic rings. The summed E-state index contributed by atoms with van der Waals surface area (Å²) in [4.78, 5) is 36.6. The van der Waals surface area contributed by atoms with E-state index < -0.39 is 18.1 Å². The Balaban J connectivity index is 1.85. The summed E-state index contributed by atoms with van der Waals surface area (Å²) in [5.74, 6) is -0.784. The second kappa shape index (κ2) is 8.08. The summed E-state index contributed by atoms with van der Waals surface area (Å²) in [6.45, 7) is 1.78. The van der Waals surface area contributed by atoms with Crippen LogP contribution in [0.25, 0.3) is 11.1 Å². The van der Waals surface area contributed by atoms with E-state index in [2.05, 4.69) is 10.6 Å². The molecule has 7 nitrogen and oxygen atoms in total. The first-order chi connectivity index (χ1) is 13.4.